The Hall–Kier alpha value is -4.83. The number of unbranched alkanes of at least 4 members (excludes halogenated alkanes) is 1. The number of para-hydroxylation sites is 1. The fourth-order valence-corrected chi connectivity index (χ4v) is 4.47. The highest BCUT2D eigenvalue weighted by Gasteiger charge is 2.48. The summed E-state index contributed by atoms with van der Waals surface area (Å²) in [5.74, 6) is -5.58. The van der Waals surface area contributed by atoms with E-state index in [9.17, 15) is 44.4 Å². The Balaban J connectivity index is 1.80. The van der Waals surface area contributed by atoms with E-state index in [-0.39, 0.29) is 59.5 Å². The maximum atomic E-state index is 13.5. The zero-order valence-corrected chi connectivity index (χ0v) is 25.6. The lowest BCUT2D eigenvalue weighted by Crippen LogP contribution is -2.61. The molecule has 5 N–H and O–H groups in total. The first-order valence-electron chi connectivity index (χ1n) is 14.5. The van der Waals surface area contributed by atoms with Crippen LogP contribution in [-0.4, -0.2) is 80.1 Å². The lowest BCUT2D eigenvalue weighted by atomic mass is 9.97. The van der Waals surface area contributed by atoms with Crippen LogP contribution in [0.15, 0.2) is 51.7 Å². The predicted molar refractivity (Wildman–Crippen MR) is 160 cm³/mol. The molecule has 0 spiro atoms. The molecule has 4 rings (SSSR count). The van der Waals surface area contributed by atoms with Crippen molar-refractivity contribution in [3.05, 3.63) is 52.7 Å². The van der Waals surface area contributed by atoms with Crippen LogP contribution in [0.3, 0.4) is 0 Å². The Morgan fingerprint density at radius 1 is 0.851 bits per heavy atom. The summed E-state index contributed by atoms with van der Waals surface area (Å²) in [6, 6.07) is 9.92. The quantitative estimate of drug-likeness (QED) is 0.113. The molecule has 3 aromatic rings. The molecule has 15 heteroatoms. The number of aliphatic hydroxyl groups is 3. The maximum absolute atomic E-state index is 13.5. The van der Waals surface area contributed by atoms with Crippen molar-refractivity contribution in [1.82, 2.24) is 0 Å². The first kappa shape index (κ1) is 35.0. The first-order valence-corrected chi connectivity index (χ1v) is 14.5. The molecule has 1 fully saturated rings. The summed E-state index contributed by atoms with van der Waals surface area (Å²) in [4.78, 5) is 61.5. The van der Waals surface area contributed by atoms with Gasteiger partial charge in [0.05, 0.1) is 10.8 Å². The van der Waals surface area contributed by atoms with Crippen molar-refractivity contribution in [3.8, 4) is 28.6 Å². The van der Waals surface area contributed by atoms with Crippen LogP contribution in [0.1, 0.15) is 46.5 Å². The Morgan fingerprint density at radius 3 is 2.19 bits per heavy atom. The molecular formula is C32H34O15. The Kier molecular flexibility index (Phi) is 10.7. The number of rotatable bonds is 11. The second-order valence-electron chi connectivity index (χ2n) is 11.8. The van der Waals surface area contributed by atoms with Crippen molar-refractivity contribution >= 4 is 34.8 Å². The van der Waals surface area contributed by atoms with Gasteiger partial charge in [-0.1, -0.05) is 12.1 Å². The van der Waals surface area contributed by atoms with Crippen LogP contribution >= 0.6 is 0 Å². The first-order chi connectivity index (χ1) is 22.1. The second kappa shape index (κ2) is 14.3. The van der Waals surface area contributed by atoms with Crippen molar-refractivity contribution < 1.29 is 68.1 Å². The number of aliphatic carboxylic acids is 2. The van der Waals surface area contributed by atoms with Crippen LogP contribution in [0.5, 0.6) is 17.2 Å². The molecule has 1 aliphatic heterocycles. The lowest BCUT2D eigenvalue weighted by molar-refractivity contribution is -0.271. The normalized spacial score (nSPS) is 21.2. The summed E-state index contributed by atoms with van der Waals surface area (Å²) in [6.45, 7) is 4.75. The topological polar surface area (TPSA) is 237 Å². The number of benzene rings is 2. The lowest BCUT2D eigenvalue weighted by Gasteiger charge is -2.38. The summed E-state index contributed by atoms with van der Waals surface area (Å²) in [5.41, 5.74) is -1.55. The van der Waals surface area contributed by atoms with E-state index in [0.717, 1.165) is 0 Å². The number of carboxylic acid groups (broad SMARTS) is 2. The number of ether oxygens (including phenoxy) is 4. The van der Waals surface area contributed by atoms with Gasteiger partial charge in [-0.15, -0.1) is 0 Å². The number of carboxylic acids is 2. The third-order valence-electron chi connectivity index (χ3n) is 7.07. The number of esters is 2. The highest BCUT2D eigenvalue weighted by Crippen LogP contribution is 2.39. The average Bonchev–Trinajstić information content (AvgIpc) is 3.00. The fourth-order valence-electron chi connectivity index (χ4n) is 4.47. The van der Waals surface area contributed by atoms with Gasteiger partial charge in [0.1, 0.15) is 23.9 Å². The van der Waals surface area contributed by atoms with Crippen LogP contribution in [0.4, 0.5) is 0 Å². The molecule has 0 unspecified atom stereocenters. The van der Waals surface area contributed by atoms with E-state index in [0.29, 0.717) is 0 Å². The predicted octanol–water partition coefficient (Wildman–Crippen LogP) is 2.23. The molecule has 15 nitrogen and oxygen atoms in total. The van der Waals surface area contributed by atoms with Gasteiger partial charge in [0.25, 0.3) is 0 Å². The van der Waals surface area contributed by atoms with Gasteiger partial charge in [-0.05, 0) is 63.9 Å². The number of hydrogen-bond donors (Lipinski definition) is 5. The molecule has 5 atom stereocenters. The molecule has 1 aliphatic rings. The van der Waals surface area contributed by atoms with Crippen LogP contribution in [0, 0.1) is 5.41 Å². The van der Waals surface area contributed by atoms with Crippen LogP contribution < -0.4 is 19.6 Å². The monoisotopic (exact) mass is 658 g/mol. The zero-order chi connectivity index (χ0) is 34.6. The van der Waals surface area contributed by atoms with E-state index in [1.165, 1.54) is 30.3 Å². The number of fused-ring (bicyclic) bond motifs is 1. The highest BCUT2D eigenvalue weighted by atomic mass is 16.7. The smallest absolute Gasteiger partial charge is 0.335 e. The van der Waals surface area contributed by atoms with Gasteiger partial charge < -0.3 is 48.9 Å². The summed E-state index contributed by atoms with van der Waals surface area (Å²) in [5, 5.41) is 49.3. The summed E-state index contributed by atoms with van der Waals surface area (Å²) < 4.78 is 27.9. The Labute approximate surface area is 266 Å². The third kappa shape index (κ3) is 8.13. The summed E-state index contributed by atoms with van der Waals surface area (Å²) in [7, 11) is 0. The van der Waals surface area contributed by atoms with Gasteiger partial charge in [0.15, 0.2) is 23.4 Å². The van der Waals surface area contributed by atoms with Gasteiger partial charge in [-0.25, -0.2) is 4.79 Å². The molecule has 1 aromatic heterocycles. The molecule has 0 bridgehead atoms. The van der Waals surface area contributed by atoms with Crippen LogP contribution in [0.25, 0.3) is 22.3 Å². The molecule has 2 aromatic carbocycles. The highest BCUT2D eigenvalue weighted by molar-refractivity contribution is 5.85. The molecular weight excluding hydrogens is 624 g/mol. The molecule has 0 amide bonds. The SMILES string of the molecule is CC(C)(C)C(=O)Oc1ccc(-c2oc3ccccc3c(=O)c2OC(=O)CCCCC(=O)O)cc1O[C@H]1O[C@@H](C(=O)O)[C@H](O)[C@@H](O)[C@@H]1O. The van der Waals surface area contributed by atoms with Crippen molar-refractivity contribution in [2.24, 2.45) is 5.41 Å². The molecule has 252 valence electrons. The van der Waals surface area contributed by atoms with Crippen molar-refractivity contribution in [3.63, 3.8) is 0 Å². The molecule has 47 heavy (non-hydrogen) atoms. The third-order valence-corrected chi connectivity index (χ3v) is 7.07. The maximum Gasteiger partial charge on any atom is 0.335 e. The van der Waals surface area contributed by atoms with Gasteiger partial charge in [-0.2, -0.15) is 0 Å². The zero-order valence-electron chi connectivity index (χ0n) is 25.6. The van der Waals surface area contributed by atoms with E-state index >= 15 is 0 Å². The largest absolute Gasteiger partial charge is 0.481 e. The fraction of sp³-hybridized carbons (Fsp3) is 0.406. The van der Waals surface area contributed by atoms with E-state index in [2.05, 4.69) is 0 Å². The molecule has 2 heterocycles. The van der Waals surface area contributed by atoms with E-state index in [1.807, 2.05) is 0 Å². The minimum atomic E-state index is -2.00. The van der Waals surface area contributed by atoms with Crippen molar-refractivity contribution in [1.29, 1.82) is 0 Å². The molecule has 0 saturated carbocycles. The molecule has 0 aliphatic carbocycles. The van der Waals surface area contributed by atoms with E-state index < -0.39 is 71.2 Å². The van der Waals surface area contributed by atoms with E-state index in [4.69, 9.17) is 28.5 Å². The minimum absolute atomic E-state index is 0.0350. The Bertz CT molecular complexity index is 1720. The number of hydrogen-bond acceptors (Lipinski definition) is 13. The average molecular weight is 659 g/mol. The van der Waals surface area contributed by atoms with Crippen molar-refractivity contribution in [2.45, 2.75) is 77.2 Å². The van der Waals surface area contributed by atoms with Gasteiger partial charge >= 0.3 is 23.9 Å². The molecule has 1 saturated heterocycles. The molecule has 0 radical (unpaired) electrons. The Morgan fingerprint density at radius 2 is 1.53 bits per heavy atom. The summed E-state index contributed by atoms with van der Waals surface area (Å²) >= 11 is 0. The number of carbonyl (C=O) groups is 4. The minimum Gasteiger partial charge on any atom is -0.481 e. The number of aliphatic hydroxyl groups excluding tert-OH is 3. The van der Waals surface area contributed by atoms with Gasteiger partial charge in [0, 0.05) is 18.4 Å². The van der Waals surface area contributed by atoms with Gasteiger partial charge in [0.2, 0.25) is 17.5 Å². The van der Waals surface area contributed by atoms with Gasteiger partial charge in [-0.3, -0.25) is 19.2 Å². The van der Waals surface area contributed by atoms with Crippen LogP contribution in [-0.2, 0) is 23.9 Å². The summed E-state index contributed by atoms with van der Waals surface area (Å²) in [6.07, 6.45) is -9.86. The number of carbonyl (C=O) groups excluding carboxylic acids is 2. The van der Waals surface area contributed by atoms with Crippen LogP contribution in [0.2, 0.25) is 0 Å². The van der Waals surface area contributed by atoms with E-state index in [1.54, 1.807) is 32.9 Å². The second-order valence-corrected chi connectivity index (χ2v) is 11.8. The van der Waals surface area contributed by atoms with Crippen molar-refractivity contribution in [2.75, 3.05) is 0 Å². The standard InChI is InChI=1S/C32H34O15/c1-32(2,3)31(42)45-18-13-12-15(14-19(18)44-30-25(39)23(37)24(38)28(47-30)29(40)41)26-27(46-21(35)11-7-6-10-20(33)34)22(36)16-8-4-5-9-17(16)43-26/h4-5,8-9,12-14,23-25,28,30,37-39H,6-7,10-11H2,1-3H3,(H,33,34)(H,40,41)/t23-,24-,25+,28-,30+/m1/s1.